The number of nitriles is 1. The van der Waals surface area contributed by atoms with Gasteiger partial charge >= 0.3 is 0 Å². The first-order valence-corrected chi connectivity index (χ1v) is 6.76. The topological polar surface area (TPSA) is 68.3 Å². The first kappa shape index (κ1) is 15.0. The van der Waals surface area contributed by atoms with Gasteiger partial charge in [0, 0.05) is 0 Å². The van der Waals surface area contributed by atoms with Crippen molar-refractivity contribution < 1.29 is 9.47 Å². The van der Waals surface area contributed by atoms with E-state index >= 15 is 0 Å². The summed E-state index contributed by atoms with van der Waals surface area (Å²) in [7, 11) is 0. The molecular weight excluding hydrogens is 264 g/mol. The average Bonchev–Trinajstić information content (AvgIpc) is 2.56. The summed E-state index contributed by atoms with van der Waals surface area (Å²) in [6.07, 6.45) is 0. The summed E-state index contributed by atoms with van der Waals surface area (Å²) in [5.74, 6) is 0.795. The zero-order chi connectivity index (χ0) is 15.0. The van der Waals surface area contributed by atoms with Gasteiger partial charge < -0.3 is 15.2 Å². The van der Waals surface area contributed by atoms with E-state index in [1.807, 2.05) is 60.7 Å². The van der Waals surface area contributed by atoms with Gasteiger partial charge in [-0.15, -0.1) is 0 Å². The molecule has 2 N–H and O–H groups in total. The molecule has 0 aliphatic heterocycles. The van der Waals surface area contributed by atoms with Crippen LogP contribution in [0.5, 0.6) is 5.75 Å². The molecule has 0 bridgehead atoms. The molecule has 0 fully saturated rings. The van der Waals surface area contributed by atoms with Crippen molar-refractivity contribution in [2.75, 3.05) is 19.8 Å². The van der Waals surface area contributed by atoms with E-state index in [1.54, 1.807) is 0 Å². The van der Waals surface area contributed by atoms with E-state index in [0.29, 0.717) is 13.2 Å². The average molecular weight is 282 g/mol. The highest BCUT2D eigenvalue weighted by Gasteiger charge is 2.27. The van der Waals surface area contributed by atoms with E-state index in [0.717, 1.165) is 11.3 Å². The predicted octanol–water partition coefficient (Wildman–Crippen LogP) is 2.46. The van der Waals surface area contributed by atoms with Crippen LogP contribution in [0.15, 0.2) is 60.7 Å². The van der Waals surface area contributed by atoms with Crippen molar-refractivity contribution in [1.29, 1.82) is 5.26 Å². The Morgan fingerprint density at radius 1 is 0.952 bits per heavy atom. The van der Waals surface area contributed by atoms with E-state index < -0.39 is 5.54 Å². The molecule has 0 saturated carbocycles. The van der Waals surface area contributed by atoms with Gasteiger partial charge in [0.1, 0.15) is 12.4 Å². The van der Waals surface area contributed by atoms with Gasteiger partial charge in [-0.3, -0.25) is 0 Å². The van der Waals surface area contributed by atoms with Crippen molar-refractivity contribution in [2.24, 2.45) is 5.73 Å². The van der Waals surface area contributed by atoms with Gasteiger partial charge in [0.25, 0.3) is 0 Å². The summed E-state index contributed by atoms with van der Waals surface area (Å²) < 4.78 is 11.0. The van der Waals surface area contributed by atoms with Crippen molar-refractivity contribution in [2.45, 2.75) is 5.54 Å². The SMILES string of the molecule is N#CC(N)(COCCOc1ccccc1)c1ccccc1. The lowest BCUT2D eigenvalue weighted by molar-refractivity contribution is 0.0761. The lowest BCUT2D eigenvalue weighted by atomic mass is 9.94. The first-order chi connectivity index (χ1) is 10.2. The van der Waals surface area contributed by atoms with Gasteiger partial charge in [-0.1, -0.05) is 48.5 Å². The van der Waals surface area contributed by atoms with Crippen LogP contribution in [0.25, 0.3) is 0 Å². The summed E-state index contributed by atoms with van der Waals surface area (Å²) in [5, 5.41) is 9.29. The minimum Gasteiger partial charge on any atom is -0.491 e. The third-order valence-corrected chi connectivity index (χ3v) is 3.06. The number of para-hydroxylation sites is 1. The van der Waals surface area contributed by atoms with Gasteiger partial charge in [0.05, 0.1) is 19.3 Å². The molecule has 2 rings (SSSR count). The van der Waals surface area contributed by atoms with Gasteiger partial charge in [0.2, 0.25) is 0 Å². The highest BCUT2D eigenvalue weighted by molar-refractivity contribution is 5.30. The van der Waals surface area contributed by atoms with Crippen LogP contribution >= 0.6 is 0 Å². The Labute approximate surface area is 124 Å². The first-order valence-electron chi connectivity index (χ1n) is 6.76. The van der Waals surface area contributed by atoms with E-state index in [2.05, 4.69) is 6.07 Å². The van der Waals surface area contributed by atoms with E-state index in [-0.39, 0.29) is 6.61 Å². The largest absolute Gasteiger partial charge is 0.491 e. The molecule has 1 atom stereocenters. The molecule has 21 heavy (non-hydrogen) atoms. The molecule has 4 nitrogen and oxygen atoms in total. The Hall–Kier alpha value is -2.35. The standard InChI is InChI=1S/C17H18N2O2/c18-13-17(19,15-7-3-1-4-8-15)14-20-11-12-21-16-9-5-2-6-10-16/h1-10H,11-12,14,19H2. The number of hydrogen-bond donors (Lipinski definition) is 1. The maximum Gasteiger partial charge on any atom is 0.153 e. The van der Waals surface area contributed by atoms with Crippen LogP contribution in [0.4, 0.5) is 0 Å². The Balaban J connectivity index is 1.78. The van der Waals surface area contributed by atoms with Crippen LogP contribution in [-0.4, -0.2) is 19.8 Å². The quantitative estimate of drug-likeness (QED) is 0.792. The van der Waals surface area contributed by atoms with Crippen LogP contribution < -0.4 is 10.5 Å². The van der Waals surface area contributed by atoms with Crippen molar-refractivity contribution in [3.05, 3.63) is 66.2 Å². The van der Waals surface area contributed by atoms with Crippen LogP contribution in [-0.2, 0) is 10.3 Å². The number of nitrogens with zero attached hydrogens (tertiary/aromatic N) is 1. The van der Waals surface area contributed by atoms with Gasteiger partial charge in [-0.05, 0) is 17.7 Å². The summed E-state index contributed by atoms with van der Waals surface area (Å²) in [6, 6.07) is 20.9. The van der Waals surface area contributed by atoms with Crippen molar-refractivity contribution in [1.82, 2.24) is 0 Å². The van der Waals surface area contributed by atoms with Crippen LogP contribution in [0, 0.1) is 11.3 Å². The Bertz CT molecular complexity index is 581. The molecule has 0 aliphatic carbocycles. The van der Waals surface area contributed by atoms with E-state index in [9.17, 15) is 5.26 Å². The summed E-state index contributed by atoms with van der Waals surface area (Å²) in [4.78, 5) is 0. The third-order valence-electron chi connectivity index (χ3n) is 3.06. The molecule has 0 spiro atoms. The second-order valence-corrected chi connectivity index (χ2v) is 4.66. The summed E-state index contributed by atoms with van der Waals surface area (Å²) in [6.45, 7) is 0.925. The lowest BCUT2D eigenvalue weighted by Gasteiger charge is -2.21. The van der Waals surface area contributed by atoms with Gasteiger partial charge in [-0.25, -0.2) is 0 Å². The predicted molar refractivity (Wildman–Crippen MR) is 80.7 cm³/mol. The molecular formula is C17H18N2O2. The molecule has 4 heteroatoms. The Morgan fingerprint density at radius 3 is 2.19 bits per heavy atom. The van der Waals surface area contributed by atoms with Crippen molar-refractivity contribution >= 4 is 0 Å². The Morgan fingerprint density at radius 2 is 1.57 bits per heavy atom. The Kier molecular flexibility index (Phi) is 5.33. The molecule has 0 heterocycles. The molecule has 0 radical (unpaired) electrons. The van der Waals surface area contributed by atoms with E-state index in [4.69, 9.17) is 15.2 Å². The molecule has 2 aromatic carbocycles. The number of rotatable bonds is 7. The number of ether oxygens (including phenoxy) is 2. The maximum absolute atomic E-state index is 9.29. The van der Waals surface area contributed by atoms with Crippen molar-refractivity contribution in [3.63, 3.8) is 0 Å². The second-order valence-electron chi connectivity index (χ2n) is 4.66. The third kappa shape index (κ3) is 4.32. The zero-order valence-corrected chi connectivity index (χ0v) is 11.7. The fraction of sp³-hybridized carbons (Fsp3) is 0.235. The number of benzene rings is 2. The molecule has 0 saturated heterocycles. The number of hydrogen-bond acceptors (Lipinski definition) is 4. The monoisotopic (exact) mass is 282 g/mol. The fourth-order valence-electron chi connectivity index (χ4n) is 1.88. The molecule has 0 aliphatic rings. The normalized spacial score (nSPS) is 13.1. The van der Waals surface area contributed by atoms with Crippen LogP contribution in [0.3, 0.4) is 0 Å². The highest BCUT2D eigenvalue weighted by atomic mass is 16.5. The number of nitrogens with two attached hydrogens (primary N) is 1. The molecule has 0 aromatic heterocycles. The van der Waals surface area contributed by atoms with E-state index in [1.165, 1.54) is 0 Å². The summed E-state index contributed by atoms with van der Waals surface area (Å²) >= 11 is 0. The highest BCUT2D eigenvalue weighted by Crippen LogP contribution is 2.17. The molecule has 1 unspecified atom stereocenters. The van der Waals surface area contributed by atoms with Crippen LogP contribution in [0.1, 0.15) is 5.56 Å². The molecule has 0 amide bonds. The lowest BCUT2D eigenvalue weighted by Crippen LogP contribution is -2.40. The summed E-state index contributed by atoms with van der Waals surface area (Å²) in [5.41, 5.74) is 5.70. The van der Waals surface area contributed by atoms with Gasteiger partial charge in [-0.2, -0.15) is 5.26 Å². The van der Waals surface area contributed by atoms with Gasteiger partial charge in [0.15, 0.2) is 5.54 Å². The minimum absolute atomic E-state index is 0.131. The second kappa shape index (κ2) is 7.44. The van der Waals surface area contributed by atoms with Crippen LogP contribution in [0.2, 0.25) is 0 Å². The smallest absolute Gasteiger partial charge is 0.153 e. The molecule has 2 aromatic rings. The fourth-order valence-corrected chi connectivity index (χ4v) is 1.88. The zero-order valence-electron chi connectivity index (χ0n) is 11.7. The minimum atomic E-state index is -1.13. The van der Waals surface area contributed by atoms with Crippen molar-refractivity contribution in [3.8, 4) is 11.8 Å². The molecule has 108 valence electrons. The maximum atomic E-state index is 9.29.